The van der Waals surface area contributed by atoms with Gasteiger partial charge < -0.3 is 15.4 Å². The fourth-order valence-corrected chi connectivity index (χ4v) is 2.81. The van der Waals surface area contributed by atoms with Gasteiger partial charge in [0.15, 0.2) is 5.11 Å². The van der Waals surface area contributed by atoms with Crippen LogP contribution in [0, 0.1) is 0 Å². The van der Waals surface area contributed by atoms with E-state index in [-0.39, 0.29) is 6.04 Å². The van der Waals surface area contributed by atoms with Crippen molar-refractivity contribution < 1.29 is 4.74 Å². The fourth-order valence-electron chi connectivity index (χ4n) is 2.15. The molecule has 22 heavy (non-hydrogen) atoms. The molecule has 0 bridgehead atoms. The summed E-state index contributed by atoms with van der Waals surface area (Å²) in [4.78, 5) is 0. The van der Waals surface area contributed by atoms with Crippen LogP contribution in [-0.2, 0) is 0 Å². The maximum absolute atomic E-state index is 5.41. The van der Waals surface area contributed by atoms with Gasteiger partial charge in [0, 0.05) is 10.2 Å². The Bertz CT molecular complexity index is 631. The Labute approximate surface area is 145 Å². The van der Waals surface area contributed by atoms with Gasteiger partial charge in [-0.2, -0.15) is 0 Å². The normalized spacial score (nSPS) is 11.6. The molecule has 0 unspecified atom stereocenters. The van der Waals surface area contributed by atoms with E-state index in [0.717, 1.165) is 22.3 Å². The summed E-state index contributed by atoms with van der Waals surface area (Å²) < 4.78 is 6.21. The Morgan fingerprint density at radius 3 is 2.55 bits per heavy atom. The highest BCUT2D eigenvalue weighted by atomic mass is 79.9. The number of anilines is 1. The molecule has 0 saturated heterocycles. The van der Waals surface area contributed by atoms with Gasteiger partial charge in [0.2, 0.25) is 0 Å². The van der Waals surface area contributed by atoms with Crippen LogP contribution < -0.4 is 15.4 Å². The Kier molecular flexibility index (Phi) is 6.21. The SMILES string of the molecule is CC[C@H](NC(=S)Nc1cccc(Br)c1)c1ccc(OC)cc1. The van der Waals surface area contributed by atoms with Gasteiger partial charge in [0.05, 0.1) is 13.2 Å². The largest absolute Gasteiger partial charge is 0.497 e. The van der Waals surface area contributed by atoms with E-state index in [0.29, 0.717) is 5.11 Å². The Balaban J connectivity index is 2.01. The van der Waals surface area contributed by atoms with Crippen molar-refractivity contribution in [2.75, 3.05) is 12.4 Å². The van der Waals surface area contributed by atoms with E-state index in [1.165, 1.54) is 5.56 Å². The summed E-state index contributed by atoms with van der Waals surface area (Å²) >= 11 is 8.86. The molecule has 0 radical (unpaired) electrons. The van der Waals surface area contributed by atoms with Crippen LogP contribution in [0.15, 0.2) is 53.0 Å². The molecule has 0 amide bonds. The number of ether oxygens (including phenoxy) is 1. The fraction of sp³-hybridized carbons (Fsp3) is 0.235. The van der Waals surface area contributed by atoms with E-state index in [1.807, 2.05) is 36.4 Å². The maximum Gasteiger partial charge on any atom is 0.171 e. The number of thiocarbonyl (C=S) groups is 1. The molecule has 1 atom stereocenters. The maximum atomic E-state index is 5.41. The molecule has 0 heterocycles. The molecule has 2 rings (SSSR count). The van der Waals surface area contributed by atoms with Crippen LogP contribution in [0.2, 0.25) is 0 Å². The van der Waals surface area contributed by atoms with Gasteiger partial charge >= 0.3 is 0 Å². The Morgan fingerprint density at radius 1 is 1.23 bits per heavy atom. The molecule has 0 fully saturated rings. The highest BCUT2D eigenvalue weighted by Gasteiger charge is 2.11. The summed E-state index contributed by atoms with van der Waals surface area (Å²) in [6, 6.07) is 16.1. The number of benzene rings is 2. The van der Waals surface area contributed by atoms with E-state index >= 15 is 0 Å². The van der Waals surface area contributed by atoms with Crippen LogP contribution in [0.5, 0.6) is 5.75 Å². The van der Waals surface area contributed by atoms with E-state index in [1.54, 1.807) is 7.11 Å². The third kappa shape index (κ3) is 4.71. The van der Waals surface area contributed by atoms with Gasteiger partial charge in [-0.3, -0.25) is 0 Å². The molecule has 0 aromatic heterocycles. The number of rotatable bonds is 5. The van der Waals surface area contributed by atoms with Crippen LogP contribution in [0.1, 0.15) is 24.9 Å². The summed E-state index contributed by atoms with van der Waals surface area (Å²) in [7, 11) is 1.67. The van der Waals surface area contributed by atoms with Gasteiger partial charge in [-0.25, -0.2) is 0 Å². The van der Waals surface area contributed by atoms with Crippen molar-refractivity contribution >= 4 is 38.9 Å². The average Bonchev–Trinajstić information content (AvgIpc) is 2.53. The van der Waals surface area contributed by atoms with Crippen molar-refractivity contribution in [2.24, 2.45) is 0 Å². The van der Waals surface area contributed by atoms with E-state index in [2.05, 4.69) is 45.6 Å². The van der Waals surface area contributed by atoms with Crippen molar-refractivity contribution in [3.8, 4) is 5.75 Å². The van der Waals surface area contributed by atoms with Gasteiger partial charge in [-0.1, -0.05) is 41.1 Å². The lowest BCUT2D eigenvalue weighted by Crippen LogP contribution is -2.32. The lowest BCUT2D eigenvalue weighted by atomic mass is 10.0. The molecular weight excluding hydrogens is 360 g/mol. The van der Waals surface area contributed by atoms with Crippen LogP contribution in [0.4, 0.5) is 5.69 Å². The topological polar surface area (TPSA) is 33.3 Å². The Hall–Kier alpha value is -1.59. The van der Waals surface area contributed by atoms with Crippen LogP contribution >= 0.6 is 28.1 Å². The zero-order valence-electron chi connectivity index (χ0n) is 12.6. The number of methoxy groups -OCH3 is 1. The zero-order valence-corrected chi connectivity index (χ0v) is 15.0. The minimum Gasteiger partial charge on any atom is -0.497 e. The summed E-state index contributed by atoms with van der Waals surface area (Å²) in [6.45, 7) is 2.13. The van der Waals surface area contributed by atoms with Crippen molar-refractivity contribution in [1.82, 2.24) is 5.32 Å². The zero-order chi connectivity index (χ0) is 15.9. The molecule has 2 N–H and O–H groups in total. The highest BCUT2D eigenvalue weighted by molar-refractivity contribution is 9.10. The monoisotopic (exact) mass is 378 g/mol. The molecule has 0 spiro atoms. The molecule has 2 aromatic carbocycles. The summed E-state index contributed by atoms with van der Waals surface area (Å²) in [5.41, 5.74) is 2.14. The van der Waals surface area contributed by atoms with Crippen LogP contribution in [-0.4, -0.2) is 12.2 Å². The van der Waals surface area contributed by atoms with Gasteiger partial charge in [0.25, 0.3) is 0 Å². The molecule has 5 heteroatoms. The third-order valence-corrected chi connectivity index (χ3v) is 4.03. The van der Waals surface area contributed by atoms with E-state index in [9.17, 15) is 0 Å². The number of nitrogens with one attached hydrogen (secondary N) is 2. The second-order valence-electron chi connectivity index (χ2n) is 4.84. The number of hydrogen-bond donors (Lipinski definition) is 2. The van der Waals surface area contributed by atoms with Gasteiger partial charge in [-0.15, -0.1) is 0 Å². The number of hydrogen-bond acceptors (Lipinski definition) is 2. The van der Waals surface area contributed by atoms with Gasteiger partial charge in [-0.05, 0) is 54.5 Å². The predicted molar refractivity (Wildman–Crippen MR) is 99.5 cm³/mol. The summed E-state index contributed by atoms with van der Waals surface area (Å²) in [5, 5.41) is 7.17. The van der Waals surface area contributed by atoms with Crippen LogP contribution in [0.25, 0.3) is 0 Å². The first-order valence-corrected chi connectivity index (χ1v) is 8.29. The Morgan fingerprint density at radius 2 is 1.95 bits per heavy atom. The molecule has 0 aliphatic carbocycles. The molecule has 0 aliphatic heterocycles. The standard InChI is InChI=1S/C17H19BrN2OS/c1-3-16(12-7-9-15(21-2)10-8-12)20-17(22)19-14-6-4-5-13(18)11-14/h4-11,16H,3H2,1-2H3,(H2,19,20,22)/t16-/m0/s1. The predicted octanol–water partition coefficient (Wildman–Crippen LogP) is 4.90. The molecule has 2 aromatic rings. The second kappa shape index (κ2) is 8.15. The molecule has 116 valence electrons. The molecule has 3 nitrogen and oxygen atoms in total. The minimum atomic E-state index is 0.165. The first kappa shape index (κ1) is 16.8. The molecule has 0 saturated carbocycles. The van der Waals surface area contributed by atoms with Crippen molar-refractivity contribution in [2.45, 2.75) is 19.4 Å². The summed E-state index contributed by atoms with van der Waals surface area (Å²) in [5.74, 6) is 0.855. The quantitative estimate of drug-likeness (QED) is 0.725. The van der Waals surface area contributed by atoms with Crippen LogP contribution in [0.3, 0.4) is 0 Å². The third-order valence-electron chi connectivity index (χ3n) is 3.31. The lowest BCUT2D eigenvalue weighted by Gasteiger charge is -2.20. The van der Waals surface area contributed by atoms with Crippen molar-refractivity contribution in [3.05, 3.63) is 58.6 Å². The number of halogens is 1. The van der Waals surface area contributed by atoms with E-state index < -0.39 is 0 Å². The lowest BCUT2D eigenvalue weighted by molar-refractivity contribution is 0.414. The van der Waals surface area contributed by atoms with Crippen molar-refractivity contribution in [1.29, 1.82) is 0 Å². The first-order valence-electron chi connectivity index (χ1n) is 7.09. The van der Waals surface area contributed by atoms with Gasteiger partial charge in [0.1, 0.15) is 5.75 Å². The second-order valence-corrected chi connectivity index (χ2v) is 6.17. The van der Waals surface area contributed by atoms with E-state index in [4.69, 9.17) is 17.0 Å². The molecular formula is C17H19BrN2OS. The van der Waals surface area contributed by atoms with Crippen molar-refractivity contribution in [3.63, 3.8) is 0 Å². The molecule has 0 aliphatic rings. The smallest absolute Gasteiger partial charge is 0.171 e. The summed E-state index contributed by atoms with van der Waals surface area (Å²) in [6.07, 6.45) is 0.937. The highest BCUT2D eigenvalue weighted by Crippen LogP contribution is 2.21. The minimum absolute atomic E-state index is 0.165. The first-order chi connectivity index (χ1) is 10.6. The average molecular weight is 379 g/mol.